The zero-order chi connectivity index (χ0) is 29.9. The molecule has 0 aliphatic carbocycles. The molecular weight excluding hydrogens is 528 g/mol. The van der Waals surface area contributed by atoms with Crippen LogP contribution in [0.15, 0.2) is 66.9 Å². The van der Waals surface area contributed by atoms with Gasteiger partial charge in [0.25, 0.3) is 0 Å². The van der Waals surface area contributed by atoms with Crippen molar-refractivity contribution in [3.05, 3.63) is 78.2 Å². The predicted octanol–water partition coefficient (Wildman–Crippen LogP) is 3.77. The fourth-order valence-corrected chi connectivity index (χ4v) is 4.11. The van der Waals surface area contributed by atoms with Crippen LogP contribution in [0.2, 0.25) is 0 Å². The van der Waals surface area contributed by atoms with Gasteiger partial charge in [-0.05, 0) is 17.0 Å². The molecule has 2 amide bonds. The van der Waals surface area contributed by atoms with Crippen LogP contribution in [0.1, 0.15) is 49.8 Å². The SMILES string of the molecule is CC(C)[C@H](NC(=O)OCc1ccccc1)C(=O)C[C@@H](C)C(=O)NC(CC(=O)O)C(=O)c1ncc(-c2ccccc2)[nH]1. The van der Waals surface area contributed by atoms with Gasteiger partial charge in [0.15, 0.2) is 11.6 Å². The first-order valence-electron chi connectivity index (χ1n) is 13.2. The van der Waals surface area contributed by atoms with Gasteiger partial charge in [-0.15, -0.1) is 0 Å². The number of nitrogens with one attached hydrogen (secondary N) is 3. The number of ether oxygens (including phenoxy) is 1. The molecule has 3 rings (SSSR count). The Morgan fingerprint density at radius 2 is 1.54 bits per heavy atom. The van der Waals surface area contributed by atoms with E-state index in [1.165, 1.54) is 13.1 Å². The second-order valence-corrected chi connectivity index (χ2v) is 10.0. The third kappa shape index (κ3) is 9.13. The van der Waals surface area contributed by atoms with Crippen molar-refractivity contribution in [1.29, 1.82) is 0 Å². The van der Waals surface area contributed by atoms with E-state index in [1.54, 1.807) is 26.0 Å². The van der Waals surface area contributed by atoms with E-state index < -0.39 is 54.0 Å². The number of H-pyrrole nitrogens is 1. The maximum Gasteiger partial charge on any atom is 0.408 e. The minimum absolute atomic E-state index is 0.0337. The summed E-state index contributed by atoms with van der Waals surface area (Å²) in [4.78, 5) is 69.8. The van der Waals surface area contributed by atoms with Crippen LogP contribution in [0.3, 0.4) is 0 Å². The molecule has 3 aromatic rings. The Morgan fingerprint density at radius 3 is 2.15 bits per heavy atom. The van der Waals surface area contributed by atoms with E-state index in [4.69, 9.17) is 4.74 Å². The van der Waals surface area contributed by atoms with E-state index in [0.717, 1.165) is 11.1 Å². The molecule has 1 aromatic heterocycles. The Morgan fingerprint density at radius 1 is 0.902 bits per heavy atom. The van der Waals surface area contributed by atoms with E-state index in [2.05, 4.69) is 20.6 Å². The number of amides is 2. The third-order valence-electron chi connectivity index (χ3n) is 6.36. The largest absolute Gasteiger partial charge is 0.481 e. The summed E-state index contributed by atoms with van der Waals surface area (Å²) in [5.74, 6) is -4.38. The molecule has 0 saturated carbocycles. The van der Waals surface area contributed by atoms with Crippen molar-refractivity contribution in [3.8, 4) is 11.3 Å². The van der Waals surface area contributed by atoms with Gasteiger partial charge in [0.2, 0.25) is 11.7 Å². The number of imidazole rings is 1. The summed E-state index contributed by atoms with van der Waals surface area (Å²) in [6.07, 6.45) is -0.234. The number of carboxylic acid groups (broad SMARTS) is 1. The molecule has 0 radical (unpaired) electrons. The van der Waals surface area contributed by atoms with Crippen LogP contribution in [0.5, 0.6) is 0 Å². The van der Waals surface area contributed by atoms with Gasteiger partial charge in [-0.25, -0.2) is 9.78 Å². The highest BCUT2D eigenvalue weighted by Crippen LogP contribution is 2.18. The summed E-state index contributed by atoms with van der Waals surface area (Å²) in [7, 11) is 0. The Balaban J connectivity index is 1.61. The average Bonchev–Trinajstić information content (AvgIpc) is 3.45. The zero-order valence-electron chi connectivity index (χ0n) is 23.1. The molecule has 216 valence electrons. The van der Waals surface area contributed by atoms with Crippen LogP contribution in [0.4, 0.5) is 4.79 Å². The normalized spacial score (nSPS) is 13.1. The lowest BCUT2D eigenvalue weighted by Gasteiger charge is -2.23. The predicted molar refractivity (Wildman–Crippen MR) is 150 cm³/mol. The van der Waals surface area contributed by atoms with Gasteiger partial charge in [0, 0.05) is 12.3 Å². The number of aromatic nitrogens is 2. The molecule has 4 N–H and O–H groups in total. The number of alkyl carbamates (subject to hydrolysis) is 1. The second-order valence-electron chi connectivity index (χ2n) is 10.0. The zero-order valence-corrected chi connectivity index (χ0v) is 23.1. The first-order valence-corrected chi connectivity index (χ1v) is 13.2. The van der Waals surface area contributed by atoms with Gasteiger partial charge in [0.05, 0.1) is 24.4 Å². The number of Topliss-reactive ketones (excluding diaryl/α,β-unsaturated/α-hetero) is 2. The Bertz CT molecular complexity index is 1360. The van der Waals surface area contributed by atoms with Gasteiger partial charge >= 0.3 is 12.1 Å². The lowest BCUT2D eigenvalue weighted by Crippen LogP contribution is -2.47. The number of hydrogen-bond acceptors (Lipinski definition) is 7. The number of rotatable bonds is 14. The number of aliphatic carboxylic acids is 1. The molecule has 0 aliphatic heterocycles. The second kappa shape index (κ2) is 14.5. The summed E-state index contributed by atoms with van der Waals surface area (Å²) in [6.45, 7) is 5.02. The van der Waals surface area contributed by atoms with Crippen LogP contribution < -0.4 is 10.6 Å². The highest BCUT2D eigenvalue weighted by atomic mass is 16.5. The molecule has 11 heteroatoms. The van der Waals surface area contributed by atoms with Crippen molar-refractivity contribution < 1.29 is 33.8 Å². The van der Waals surface area contributed by atoms with Gasteiger partial charge in [-0.1, -0.05) is 81.4 Å². The Kier molecular flexibility index (Phi) is 10.9. The van der Waals surface area contributed by atoms with Crippen LogP contribution >= 0.6 is 0 Å². The number of carbonyl (C=O) groups is 5. The van der Waals surface area contributed by atoms with E-state index in [1.807, 2.05) is 48.5 Å². The van der Waals surface area contributed by atoms with E-state index in [-0.39, 0.29) is 24.8 Å². The van der Waals surface area contributed by atoms with E-state index in [0.29, 0.717) is 5.69 Å². The van der Waals surface area contributed by atoms with Crippen LogP contribution in [-0.2, 0) is 25.7 Å². The molecular formula is C30H34N4O7. The van der Waals surface area contributed by atoms with Crippen molar-refractivity contribution in [1.82, 2.24) is 20.6 Å². The highest BCUT2D eigenvalue weighted by Gasteiger charge is 2.31. The molecule has 41 heavy (non-hydrogen) atoms. The van der Waals surface area contributed by atoms with Gasteiger partial charge in [-0.2, -0.15) is 0 Å². The van der Waals surface area contributed by atoms with Crippen molar-refractivity contribution in [2.45, 2.75) is 52.3 Å². The van der Waals surface area contributed by atoms with Gasteiger partial charge < -0.3 is 25.5 Å². The number of carbonyl (C=O) groups excluding carboxylic acids is 4. The van der Waals surface area contributed by atoms with Crippen LogP contribution in [0.25, 0.3) is 11.3 Å². The highest BCUT2D eigenvalue weighted by molar-refractivity contribution is 6.02. The molecule has 0 spiro atoms. The molecule has 1 heterocycles. The molecule has 0 saturated heterocycles. The minimum atomic E-state index is -1.40. The fraction of sp³-hybridized carbons (Fsp3) is 0.333. The van der Waals surface area contributed by atoms with Crippen molar-refractivity contribution in [3.63, 3.8) is 0 Å². The first-order chi connectivity index (χ1) is 19.5. The Hall–Kier alpha value is -4.80. The van der Waals surface area contributed by atoms with E-state index >= 15 is 0 Å². The minimum Gasteiger partial charge on any atom is -0.481 e. The lowest BCUT2D eigenvalue weighted by molar-refractivity contribution is -0.137. The maximum atomic E-state index is 13.1. The molecule has 1 unspecified atom stereocenters. The number of ketones is 2. The molecule has 0 fully saturated rings. The van der Waals surface area contributed by atoms with Gasteiger partial charge in [-0.3, -0.25) is 19.2 Å². The van der Waals surface area contributed by atoms with Crippen LogP contribution in [-0.4, -0.2) is 56.7 Å². The average molecular weight is 563 g/mol. The summed E-state index contributed by atoms with van der Waals surface area (Å²) < 4.78 is 5.22. The van der Waals surface area contributed by atoms with E-state index in [9.17, 15) is 29.1 Å². The summed E-state index contributed by atoms with van der Waals surface area (Å²) in [5, 5.41) is 14.4. The molecule has 0 aliphatic rings. The number of carboxylic acids is 1. The molecule has 2 aromatic carbocycles. The number of nitrogens with zero attached hydrogens (tertiary/aromatic N) is 1. The molecule has 11 nitrogen and oxygen atoms in total. The van der Waals surface area contributed by atoms with Crippen molar-refractivity contribution in [2.24, 2.45) is 11.8 Å². The number of hydrogen-bond donors (Lipinski definition) is 4. The monoisotopic (exact) mass is 562 g/mol. The molecule has 3 atom stereocenters. The summed E-state index contributed by atoms with van der Waals surface area (Å²) >= 11 is 0. The number of benzene rings is 2. The topological polar surface area (TPSA) is 168 Å². The standard InChI is InChI=1S/C30H34N4O7/c1-18(2)26(34-30(40)41-17-20-10-6-4-7-11-20)24(35)14-19(3)29(39)33-22(15-25(36)37)27(38)28-31-16-23(32-28)21-12-8-5-9-13-21/h4-13,16,18-19,22,26H,14-15,17H2,1-3H3,(H,31,32)(H,33,39)(H,34,40)(H,36,37)/t19-,22?,26+/m1/s1. The maximum absolute atomic E-state index is 13.1. The third-order valence-corrected chi connectivity index (χ3v) is 6.36. The molecule has 0 bridgehead atoms. The van der Waals surface area contributed by atoms with Crippen molar-refractivity contribution in [2.75, 3.05) is 0 Å². The Labute approximate surface area is 237 Å². The first kappa shape index (κ1) is 30.7. The number of aromatic amines is 1. The summed E-state index contributed by atoms with van der Waals surface area (Å²) in [6, 6.07) is 15.9. The van der Waals surface area contributed by atoms with Gasteiger partial charge in [0.1, 0.15) is 12.6 Å². The van der Waals surface area contributed by atoms with Crippen molar-refractivity contribution >= 4 is 29.5 Å². The summed E-state index contributed by atoms with van der Waals surface area (Å²) in [5.41, 5.74) is 2.13. The van der Waals surface area contributed by atoms with Crippen LogP contribution in [0, 0.1) is 11.8 Å². The quantitative estimate of drug-likeness (QED) is 0.215. The smallest absolute Gasteiger partial charge is 0.408 e. The lowest BCUT2D eigenvalue weighted by atomic mass is 9.92. The fourth-order valence-electron chi connectivity index (χ4n) is 4.11.